The van der Waals surface area contributed by atoms with Crippen molar-refractivity contribution in [2.24, 2.45) is 23.7 Å². The van der Waals surface area contributed by atoms with E-state index in [9.17, 15) is 9.90 Å². The Morgan fingerprint density at radius 3 is 1.24 bits per heavy atom. The predicted molar refractivity (Wildman–Crippen MR) is 468 cm³/mol. The molecule has 0 saturated carbocycles. The zero-order valence-corrected chi connectivity index (χ0v) is 70.3. The molecule has 30 heteroatoms. The predicted octanol–water partition coefficient (Wildman–Crippen LogP) is 13.5. The number of rotatable bonds is 17. The first kappa shape index (κ1) is 80.6. The minimum absolute atomic E-state index is 0.0556. The quantitative estimate of drug-likeness (QED) is 0.0830. The molecule has 1 N–H and O–H groups in total. The van der Waals surface area contributed by atoms with E-state index in [1.807, 2.05) is 28.9 Å². The van der Waals surface area contributed by atoms with E-state index in [2.05, 4.69) is 183 Å². The van der Waals surface area contributed by atoms with Crippen LogP contribution in [0, 0.1) is 44.4 Å². The highest BCUT2D eigenvalue weighted by Crippen LogP contribution is 2.39. The van der Waals surface area contributed by atoms with Crippen molar-refractivity contribution in [1.29, 1.82) is 0 Å². The number of ketones is 1. The van der Waals surface area contributed by atoms with Gasteiger partial charge in [0.2, 0.25) is 5.89 Å². The molecule has 8 aromatic heterocycles. The van der Waals surface area contributed by atoms with Gasteiger partial charge in [0, 0.05) is 196 Å². The SMILES string of the molecule is Cc1cnc(CC2CCCN(c3ncnc4cc(N5CCOCC5)ccc34)C2)s1.Cc1nc(CC2CCCN(c3ncnc4cc(N5CCOCC5)ccc34)C2)sc1C.O=C(CC1CCCN(c2ncnc3cc(N4CCOCC4)ccc23)C1)c1cncs1.OC(c1ncco1)C1CCCN(c2ncnc3cc(N4CCOCC4)ccc23)C1. The molecule has 8 aliphatic rings. The Bertz CT molecular complexity index is 5270. The van der Waals surface area contributed by atoms with E-state index in [0.29, 0.717) is 36.6 Å². The number of oxazole rings is 1. The molecule has 0 aliphatic carbocycles. The van der Waals surface area contributed by atoms with Gasteiger partial charge in [0.25, 0.3) is 0 Å². The number of nitrogens with zero attached hydrogens (tertiary/aromatic N) is 20. The van der Waals surface area contributed by atoms with E-state index < -0.39 is 6.10 Å². The molecule has 0 bridgehead atoms. The fourth-order valence-electron chi connectivity index (χ4n) is 17.9. The normalized spacial score (nSPS) is 20.5. The number of piperidine rings is 4. The van der Waals surface area contributed by atoms with Crippen LogP contribution in [0.25, 0.3) is 43.6 Å². The summed E-state index contributed by atoms with van der Waals surface area (Å²) in [6.45, 7) is 27.6. The molecule has 27 nitrogen and oxygen atoms in total. The number of aryl methyl sites for hydroxylation is 3. The van der Waals surface area contributed by atoms with E-state index in [-0.39, 0.29) is 11.7 Å². The Morgan fingerprint density at radius 2 is 0.856 bits per heavy atom. The Labute approximate surface area is 700 Å². The number of aliphatic hydroxyl groups excluding tert-OH is 1. The second-order valence-corrected chi connectivity index (χ2v) is 35.5. The zero-order valence-electron chi connectivity index (χ0n) is 67.8. The second kappa shape index (κ2) is 38.5. The number of hydrogen-bond donors (Lipinski definition) is 1. The highest BCUT2D eigenvalue weighted by Gasteiger charge is 2.33. The van der Waals surface area contributed by atoms with Gasteiger partial charge in [-0.1, -0.05) is 0 Å². The van der Waals surface area contributed by atoms with Gasteiger partial charge in [0.1, 0.15) is 60.9 Å². The number of carbonyl (C=O) groups is 1. The highest BCUT2D eigenvalue weighted by atomic mass is 32.1. The van der Waals surface area contributed by atoms with Crippen LogP contribution in [-0.2, 0) is 31.8 Å². The zero-order chi connectivity index (χ0) is 80.1. The summed E-state index contributed by atoms with van der Waals surface area (Å²) in [5.41, 5.74) is 11.7. The first-order chi connectivity index (χ1) is 58.0. The third-order valence-electron chi connectivity index (χ3n) is 24.1. The van der Waals surface area contributed by atoms with Crippen LogP contribution < -0.4 is 39.2 Å². The summed E-state index contributed by atoms with van der Waals surface area (Å²) in [5, 5.41) is 17.6. The van der Waals surface area contributed by atoms with Crippen molar-refractivity contribution in [2.45, 2.75) is 97.5 Å². The lowest BCUT2D eigenvalue weighted by atomic mass is 9.92. The Kier molecular flexibility index (Phi) is 26.3. The summed E-state index contributed by atoms with van der Waals surface area (Å²) < 4.78 is 27.2. The third kappa shape index (κ3) is 19.6. The average molecular weight is 1650 g/mol. The van der Waals surface area contributed by atoms with Crippen LogP contribution in [0.3, 0.4) is 0 Å². The Balaban J connectivity index is 0.000000113. The minimum atomic E-state index is -0.700. The summed E-state index contributed by atoms with van der Waals surface area (Å²) in [7, 11) is 0. The lowest BCUT2D eigenvalue weighted by molar-refractivity contribution is 0.0722. The summed E-state index contributed by atoms with van der Waals surface area (Å²) in [4.78, 5) is 89.1. The van der Waals surface area contributed by atoms with Gasteiger partial charge in [-0.05, 0) is 163 Å². The van der Waals surface area contributed by atoms with Crippen molar-refractivity contribution < 1.29 is 33.3 Å². The molecule has 618 valence electrons. The molecule has 4 aromatic carbocycles. The largest absolute Gasteiger partial charge is 0.446 e. The molecule has 8 saturated heterocycles. The highest BCUT2D eigenvalue weighted by molar-refractivity contribution is 7.12. The maximum atomic E-state index is 12.5. The second-order valence-electron chi connectivity index (χ2n) is 32.0. The van der Waals surface area contributed by atoms with E-state index in [0.717, 1.165) is 261 Å². The van der Waals surface area contributed by atoms with Crippen molar-refractivity contribution in [1.82, 2.24) is 59.8 Å². The smallest absolute Gasteiger partial charge is 0.223 e. The first-order valence-electron chi connectivity index (χ1n) is 42.1. The summed E-state index contributed by atoms with van der Waals surface area (Å²) >= 11 is 5.11. The van der Waals surface area contributed by atoms with Crippen LogP contribution in [0.15, 0.2) is 133 Å². The number of morpholine rings is 4. The standard InChI is InChI=1S/C23H29N5OS.C22H25N5O2S.C22H27N5OS.C21H25N5O3/c1-16-17(2)30-22(26-16)12-18-4-3-7-28(14-18)23-20-6-5-19(13-21(20)24-15-25-23)27-8-10-29-11-9-27;28-20(21-12-23-15-30-21)10-16-2-1-5-27(13-16)22-18-4-3-17(11-19(18)24-14-25-22)26-6-8-29-9-7-26;1-16-13-23-21(29-16)11-17-3-2-6-27(14-17)22-19-5-4-18(12-20(19)24-15-25-22)26-7-9-28-10-8-26;27-19(21-22-5-9-29-21)15-2-1-6-26(13-15)20-17-4-3-16(12-18(17)23-14-24-20)25-7-10-28-11-8-25/h5-6,13,15,18H,3-4,7-12,14H2,1-2H3;3-4,11-12,14-16H,1-2,5-10,13H2;4-5,12-13,15,17H,2-3,6-11,14H2,1H3;3-5,9,12,14-15,19,27H,1-2,6-8,10-11,13H2. The van der Waals surface area contributed by atoms with E-state index in [1.54, 1.807) is 43.2 Å². The molecular weight excluding hydrogens is 1550 g/mol. The van der Waals surface area contributed by atoms with Crippen LogP contribution >= 0.6 is 34.0 Å². The van der Waals surface area contributed by atoms with Crippen molar-refractivity contribution in [3.63, 3.8) is 0 Å². The maximum absolute atomic E-state index is 12.5. The van der Waals surface area contributed by atoms with Gasteiger partial charge in [-0.25, -0.2) is 54.8 Å². The van der Waals surface area contributed by atoms with Crippen molar-refractivity contribution >= 4 is 129 Å². The molecule has 16 heterocycles. The van der Waals surface area contributed by atoms with E-state index in [4.69, 9.17) is 33.3 Å². The number of aromatic nitrogens is 12. The van der Waals surface area contributed by atoms with Gasteiger partial charge in [0.15, 0.2) is 5.78 Å². The van der Waals surface area contributed by atoms with Crippen LogP contribution in [0.5, 0.6) is 0 Å². The number of anilines is 8. The van der Waals surface area contributed by atoms with Gasteiger partial charge < -0.3 is 67.7 Å². The number of Topliss-reactive ketones (excluding diaryl/α,β-unsaturated/α-hetero) is 1. The molecular formula is C88H106N20O7S3. The molecule has 5 atom stereocenters. The van der Waals surface area contributed by atoms with Crippen molar-refractivity contribution in [3.05, 3.63) is 165 Å². The maximum Gasteiger partial charge on any atom is 0.223 e. The van der Waals surface area contributed by atoms with Crippen molar-refractivity contribution in [3.8, 4) is 0 Å². The number of aliphatic hydroxyl groups is 1. The topological polar surface area (TPSA) is 268 Å². The molecule has 0 radical (unpaired) electrons. The molecule has 0 spiro atoms. The Morgan fingerprint density at radius 1 is 0.449 bits per heavy atom. The van der Waals surface area contributed by atoms with Gasteiger partial charge >= 0.3 is 0 Å². The minimum Gasteiger partial charge on any atom is -0.446 e. The van der Waals surface area contributed by atoms with Crippen LogP contribution in [0.4, 0.5) is 46.0 Å². The number of benzene rings is 4. The van der Waals surface area contributed by atoms with Gasteiger partial charge in [-0.3, -0.25) is 9.78 Å². The van der Waals surface area contributed by atoms with Gasteiger partial charge in [0.05, 0.1) is 107 Å². The molecule has 118 heavy (non-hydrogen) atoms. The first-order valence-corrected chi connectivity index (χ1v) is 44.6. The molecule has 12 aromatic rings. The molecule has 5 unspecified atom stereocenters. The molecule has 0 amide bonds. The fraction of sp³-hybridized carbons (Fsp3) is 0.489. The summed E-state index contributed by atoms with van der Waals surface area (Å²) in [6, 6.07) is 26.1. The monoisotopic (exact) mass is 1650 g/mol. The van der Waals surface area contributed by atoms with Crippen LogP contribution in [-0.4, -0.2) is 228 Å². The third-order valence-corrected chi connectivity index (χ3v) is 27.0. The fourth-order valence-corrected chi connectivity index (χ4v) is 20.4. The lowest BCUT2D eigenvalue weighted by Crippen LogP contribution is -2.38. The van der Waals surface area contributed by atoms with Gasteiger partial charge in [-0.15, -0.1) is 34.0 Å². The number of hydrogen-bond acceptors (Lipinski definition) is 30. The van der Waals surface area contributed by atoms with Gasteiger partial charge in [-0.2, -0.15) is 0 Å². The van der Waals surface area contributed by atoms with Crippen molar-refractivity contribution in [2.75, 3.05) is 197 Å². The Hall–Kier alpha value is -9.79. The summed E-state index contributed by atoms with van der Waals surface area (Å²) in [5.74, 6) is 6.29. The van der Waals surface area contributed by atoms with E-state index in [1.165, 1.54) is 91.5 Å². The number of fused-ring (bicyclic) bond motifs is 4. The van der Waals surface area contributed by atoms with Crippen LogP contribution in [0.1, 0.15) is 105 Å². The number of thiazole rings is 3. The number of ether oxygens (including phenoxy) is 4. The molecule has 20 rings (SSSR count). The number of carbonyl (C=O) groups excluding carboxylic acids is 1. The lowest BCUT2D eigenvalue weighted by Gasteiger charge is -2.35. The average Bonchev–Trinajstić information content (AvgIpc) is 1.39. The summed E-state index contributed by atoms with van der Waals surface area (Å²) in [6.07, 6.45) is 24.5. The van der Waals surface area contributed by atoms with E-state index >= 15 is 0 Å². The van der Waals surface area contributed by atoms with Crippen LogP contribution in [0.2, 0.25) is 0 Å². The molecule has 8 fully saturated rings. The molecule has 8 aliphatic heterocycles.